The lowest BCUT2D eigenvalue weighted by molar-refractivity contribution is 0.374. The molecule has 0 amide bonds. The molecule has 1 aromatic carbocycles. The number of halogens is 1. The van der Waals surface area contributed by atoms with Gasteiger partial charge in [0.1, 0.15) is 6.17 Å². The van der Waals surface area contributed by atoms with E-state index < -0.39 is 6.17 Å². The fourth-order valence-electron chi connectivity index (χ4n) is 2.05. The van der Waals surface area contributed by atoms with E-state index >= 15 is 0 Å². The van der Waals surface area contributed by atoms with Gasteiger partial charge in [-0.2, -0.15) is 0 Å². The van der Waals surface area contributed by atoms with E-state index in [2.05, 4.69) is 10.6 Å². The van der Waals surface area contributed by atoms with Gasteiger partial charge in [-0.15, -0.1) is 0 Å². The van der Waals surface area contributed by atoms with Crippen molar-refractivity contribution in [3.8, 4) is 0 Å². The minimum Gasteiger partial charge on any atom is -0.382 e. The predicted octanol–water partition coefficient (Wildman–Crippen LogP) is 2.88. The molecule has 1 fully saturated rings. The topological polar surface area (TPSA) is 24.1 Å². The third-order valence-electron chi connectivity index (χ3n) is 3.08. The van der Waals surface area contributed by atoms with Crippen LogP contribution in [0.25, 0.3) is 0 Å². The third-order valence-corrected chi connectivity index (χ3v) is 3.08. The zero-order chi connectivity index (χ0) is 11.4. The number of hydrogen-bond acceptors (Lipinski definition) is 2. The Kier molecular flexibility index (Phi) is 3.78. The van der Waals surface area contributed by atoms with Gasteiger partial charge in [0.2, 0.25) is 0 Å². The summed E-state index contributed by atoms with van der Waals surface area (Å²) in [5, 5.41) is 6.82. The van der Waals surface area contributed by atoms with Crippen LogP contribution in [0.15, 0.2) is 24.3 Å². The average Bonchev–Trinajstić information content (AvgIpc) is 2.31. The quantitative estimate of drug-likeness (QED) is 0.821. The van der Waals surface area contributed by atoms with Crippen LogP contribution in [-0.4, -0.2) is 19.1 Å². The molecule has 1 heterocycles. The molecule has 1 aliphatic rings. The maximum Gasteiger partial charge on any atom is 0.122 e. The molecule has 16 heavy (non-hydrogen) atoms. The van der Waals surface area contributed by atoms with Crippen molar-refractivity contribution in [1.82, 2.24) is 5.32 Å². The molecule has 2 N–H and O–H groups in total. The van der Waals surface area contributed by atoms with E-state index in [9.17, 15) is 4.39 Å². The summed E-state index contributed by atoms with van der Waals surface area (Å²) in [6.07, 6.45) is 1.43. The zero-order valence-corrected chi connectivity index (χ0v) is 9.67. The van der Waals surface area contributed by atoms with Crippen molar-refractivity contribution in [3.05, 3.63) is 29.8 Å². The second-order valence-electron chi connectivity index (χ2n) is 4.41. The lowest BCUT2D eigenvalue weighted by Gasteiger charge is -2.24. The standard InChI is InChI=1S/C13H19FN2/c1-10(14)11-2-4-12(5-3-11)16-13-6-8-15-9-7-13/h2-5,10,13,15-16H,6-9H2,1H3. The third kappa shape index (κ3) is 2.95. The average molecular weight is 222 g/mol. The molecule has 1 saturated heterocycles. The molecule has 88 valence electrons. The first-order chi connectivity index (χ1) is 7.75. The Morgan fingerprint density at radius 1 is 1.25 bits per heavy atom. The second-order valence-corrected chi connectivity index (χ2v) is 4.41. The minimum absolute atomic E-state index is 0.551. The van der Waals surface area contributed by atoms with Gasteiger partial charge in [0, 0.05) is 11.7 Å². The van der Waals surface area contributed by atoms with Gasteiger partial charge in [-0.25, -0.2) is 4.39 Å². The number of nitrogens with one attached hydrogen (secondary N) is 2. The number of piperidine rings is 1. The summed E-state index contributed by atoms with van der Waals surface area (Å²) in [6.45, 7) is 3.73. The first kappa shape index (κ1) is 11.4. The molecule has 1 unspecified atom stereocenters. The Morgan fingerprint density at radius 2 is 1.88 bits per heavy atom. The van der Waals surface area contributed by atoms with Crippen molar-refractivity contribution in [2.24, 2.45) is 0 Å². The van der Waals surface area contributed by atoms with E-state index in [0.717, 1.165) is 37.2 Å². The van der Waals surface area contributed by atoms with Crippen LogP contribution in [0.3, 0.4) is 0 Å². The highest BCUT2D eigenvalue weighted by molar-refractivity contribution is 5.45. The maximum atomic E-state index is 13.0. The SMILES string of the molecule is CC(F)c1ccc(NC2CCNCC2)cc1. The molecule has 1 atom stereocenters. The molecular formula is C13H19FN2. The molecule has 0 radical (unpaired) electrons. The van der Waals surface area contributed by atoms with Crippen molar-refractivity contribution < 1.29 is 4.39 Å². The van der Waals surface area contributed by atoms with Gasteiger partial charge in [-0.05, 0) is 50.6 Å². The summed E-state index contributed by atoms with van der Waals surface area (Å²) in [5.74, 6) is 0. The Hall–Kier alpha value is -1.09. The van der Waals surface area contributed by atoms with E-state index in [0.29, 0.717) is 6.04 Å². The van der Waals surface area contributed by atoms with Crippen molar-refractivity contribution in [2.75, 3.05) is 18.4 Å². The lowest BCUT2D eigenvalue weighted by Crippen LogP contribution is -2.35. The van der Waals surface area contributed by atoms with Gasteiger partial charge in [-0.1, -0.05) is 12.1 Å². The van der Waals surface area contributed by atoms with E-state index in [1.807, 2.05) is 24.3 Å². The van der Waals surface area contributed by atoms with Crippen LogP contribution in [0, 0.1) is 0 Å². The smallest absolute Gasteiger partial charge is 0.122 e. The number of benzene rings is 1. The Bertz CT molecular complexity index is 315. The van der Waals surface area contributed by atoms with Crippen molar-refractivity contribution in [1.29, 1.82) is 0 Å². The van der Waals surface area contributed by atoms with Gasteiger partial charge >= 0.3 is 0 Å². The Labute approximate surface area is 96.2 Å². The first-order valence-electron chi connectivity index (χ1n) is 5.97. The first-order valence-corrected chi connectivity index (χ1v) is 5.97. The summed E-state index contributed by atoms with van der Waals surface area (Å²) < 4.78 is 13.0. The van der Waals surface area contributed by atoms with Crippen LogP contribution in [-0.2, 0) is 0 Å². The molecule has 1 aliphatic heterocycles. The fourth-order valence-corrected chi connectivity index (χ4v) is 2.05. The molecule has 3 heteroatoms. The Morgan fingerprint density at radius 3 is 2.44 bits per heavy atom. The molecule has 2 nitrogen and oxygen atoms in total. The van der Waals surface area contributed by atoms with E-state index in [4.69, 9.17) is 0 Å². The molecule has 0 spiro atoms. The van der Waals surface area contributed by atoms with Crippen LogP contribution < -0.4 is 10.6 Å². The summed E-state index contributed by atoms with van der Waals surface area (Å²) in [7, 11) is 0. The van der Waals surface area contributed by atoms with E-state index in [-0.39, 0.29) is 0 Å². The van der Waals surface area contributed by atoms with Gasteiger partial charge in [0.25, 0.3) is 0 Å². The highest BCUT2D eigenvalue weighted by Crippen LogP contribution is 2.20. The molecule has 2 rings (SSSR count). The van der Waals surface area contributed by atoms with Gasteiger partial charge in [0.15, 0.2) is 0 Å². The second kappa shape index (κ2) is 5.30. The summed E-state index contributed by atoms with van der Waals surface area (Å²) in [6, 6.07) is 8.19. The van der Waals surface area contributed by atoms with Gasteiger partial charge in [0.05, 0.1) is 0 Å². The lowest BCUT2D eigenvalue weighted by atomic mass is 10.1. The summed E-state index contributed by atoms with van der Waals surface area (Å²) >= 11 is 0. The van der Waals surface area contributed by atoms with Crippen LogP contribution in [0.4, 0.5) is 10.1 Å². The summed E-state index contributed by atoms with van der Waals surface area (Å²) in [4.78, 5) is 0. The van der Waals surface area contributed by atoms with Crippen LogP contribution >= 0.6 is 0 Å². The van der Waals surface area contributed by atoms with Gasteiger partial charge < -0.3 is 10.6 Å². The highest BCUT2D eigenvalue weighted by atomic mass is 19.1. The molecule has 0 aliphatic carbocycles. The minimum atomic E-state index is -0.882. The van der Waals surface area contributed by atoms with Crippen molar-refractivity contribution in [3.63, 3.8) is 0 Å². The van der Waals surface area contributed by atoms with E-state index in [1.165, 1.54) is 0 Å². The Balaban J connectivity index is 1.93. The molecule has 1 aromatic rings. The number of anilines is 1. The largest absolute Gasteiger partial charge is 0.382 e. The summed E-state index contributed by atoms with van der Waals surface area (Å²) in [5.41, 5.74) is 1.84. The van der Waals surface area contributed by atoms with Crippen molar-refractivity contribution in [2.45, 2.75) is 32.0 Å². The molecule has 0 bridgehead atoms. The fraction of sp³-hybridized carbons (Fsp3) is 0.538. The van der Waals surface area contributed by atoms with Gasteiger partial charge in [-0.3, -0.25) is 0 Å². The van der Waals surface area contributed by atoms with Crippen molar-refractivity contribution >= 4 is 5.69 Å². The van der Waals surface area contributed by atoms with Crippen LogP contribution in [0.1, 0.15) is 31.5 Å². The van der Waals surface area contributed by atoms with Crippen LogP contribution in [0.5, 0.6) is 0 Å². The predicted molar refractivity (Wildman–Crippen MR) is 65.5 cm³/mol. The van der Waals surface area contributed by atoms with E-state index in [1.54, 1.807) is 6.92 Å². The number of hydrogen-bond donors (Lipinski definition) is 2. The molecule has 0 saturated carbocycles. The normalized spacial score (nSPS) is 19.4. The number of alkyl halides is 1. The molecular weight excluding hydrogens is 203 g/mol. The monoisotopic (exact) mass is 222 g/mol. The maximum absolute atomic E-state index is 13.0. The zero-order valence-electron chi connectivity index (χ0n) is 9.67. The highest BCUT2D eigenvalue weighted by Gasteiger charge is 2.12. The number of rotatable bonds is 3. The van der Waals surface area contributed by atoms with Crippen LogP contribution in [0.2, 0.25) is 0 Å². The molecule has 0 aromatic heterocycles.